The number of aryl methyl sites for hydroxylation is 4. The smallest absolute Gasteiger partial charge is 0.348 e. The van der Waals surface area contributed by atoms with Crippen molar-refractivity contribution in [3.63, 3.8) is 0 Å². The minimum atomic E-state index is -4.97. The van der Waals surface area contributed by atoms with Crippen LogP contribution in [0.2, 0.25) is 0 Å². The number of hydrogen-bond acceptors (Lipinski definition) is 32. The Balaban J connectivity index is 0.000000225. The molecule has 44 nitrogen and oxygen atoms in total. The maximum absolute atomic E-state index is 12.8. The molecule has 0 aliphatic carbocycles. The van der Waals surface area contributed by atoms with Crippen LogP contribution in [0.5, 0.6) is 0 Å². The summed E-state index contributed by atoms with van der Waals surface area (Å²) in [6.07, 6.45) is -0.372. The average molecular weight is 1960 g/mol. The van der Waals surface area contributed by atoms with E-state index in [1.165, 1.54) is 72.8 Å². The van der Waals surface area contributed by atoms with E-state index in [9.17, 15) is 133 Å². The Labute approximate surface area is 745 Å². The van der Waals surface area contributed by atoms with Crippen LogP contribution in [0.3, 0.4) is 0 Å². The molecule has 0 aliphatic rings. The molecule has 12 N–H and O–H groups in total. The quantitative estimate of drug-likeness (QED) is 0.0177. The summed E-state index contributed by atoms with van der Waals surface area (Å²) in [5.74, 6) is -2.72. The van der Waals surface area contributed by atoms with Crippen LogP contribution in [-0.4, -0.2) is 156 Å². The standard InChI is InChI=1S/C41H35N7O13S4.C39H27N7O17S4/c1-21-13-33(47-45-27-17-31-29(37(19-27)64(56,57)58)7-5-9-35(31)62(50,51)52)23(3)11-25(21)15-39-42-40(44-41(49)43-39)16-26-12-24(4)34(14-22(26)2)48-46-28-18-32-30(38(20-28)65(59,60)61)8-6-10-36(32)63(53,54)55;47-37(48)27-13-21(43-45-23-15-29-25(33(17-23)66(58,59)60)3-1-5-31(29)64(52,53)54)9-7-19(27)11-35-40-36(42-39(51)41-35)12-20-8-10-22(14-28(20)38(49)50)44-46-24-16-30-26(34(18-24)67(61,62)63)4-2-6-32(30)65(55,56)57/h5-14,17-20H,15-16H2,1-4H3,(H,50,51,52)(H,53,54,55)(H,56,57,58)(H,59,60,61)(H,42,43,44,49);1-10,13-18H,11-12H2,(H,47,48)(H,49,50)(H,52,53,54)(H,55,56,57)(H,58,59,60)(H,61,62,63)(H,40,41,42,51). The van der Waals surface area contributed by atoms with Crippen molar-refractivity contribution in [2.45, 2.75) is 92.5 Å². The second kappa shape index (κ2) is 36.3. The predicted molar refractivity (Wildman–Crippen MR) is 466 cm³/mol. The first kappa shape index (κ1) is 95.5. The molecule has 12 aromatic carbocycles. The molecule has 132 heavy (non-hydrogen) atoms. The van der Waals surface area contributed by atoms with E-state index in [0.717, 1.165) is 96.1 Å². The van der Waals surface area contributed by atoms with Crippen molar-refractivity contribution < 1.29 is 124 Å². The summed E-state index contributed by atoms with van der Waals surface area (Å²) in [5, 5.41) is 50.5. The van der Waals surface area contributed by atoms with Gasteiger partial charge in [0.2, 0.25) is 0 Å². The molecule has 2 heterocycles. The third-order valence-corrected chi connectivity index (χ3v) is 27.0. The topological polar surface area (TPSA) is 726 Å². The molecule has 2 aromatic heterocycles. The van der Waals surface area contributed by atoms with Crippen LogP contribution in [0.4, 0.5) is 45.5 Å². The van der Waals surface area contributed by atoms with Gasteiger partial charge in [-0.2, -0.15) is 118 Å². The van der Waals surface area contributed by atoms with Crippen molar-refractivity contribution in [3.8, 4) is 0 Å². The van der Waals surface area contributed by atoms with Gasteiger partial charge in [0, 0.05) is 68.8 Å². The number of rotatable bonds is 26. The van der Waals surface area contributed by atoms with Crippen molar-refractivity contribution in [1.29, 1.82) is 0 Å². The summed E-state index contributed by atoms with van der Waals surface area (Å²) in [5.41, 5.74) is 1.57. The number of carboxylic acid groups (broad SMARTS) is 2. The van der Waals surface area contributed by atoms with Gasteiger partial charge in [0.1, 0.15) is 62.5 Å². The number of H-pyrrole nitrogens is 2. The van der Waals surface area contributed by atoms with Crippen molar-refractivity contribution >= 4 is 181 Å². The molecule has 0 amide bonds. The Bertz CT molecular complexity index is 8110. The fraction of sp³-hybridized carbons (Fsp3) is 0.100. The first-order valence-electron chi connectivity index (χ1n) is 37.1. The van der Waals surface area contributed by atoms with Gasteiger partial charge in [-0.05, 0) is 181 Å². The lowest BCUT2D eigenvalue weighted by atomic mass is 10.0. The number of hydrogen-bond donors (Lipinski definition) is 12. The van der Waals surface area contributed by atoms with Gasteiger partial charge >= 0.3 is 23.3 Å². The summed E-state index contributed by atoms with van der Waals surface area (Å²) in [7, 11) is -39.0. The van der Waals surface area contributed by atoms with Gasteiger partial charge in [-0.15, -0.1) is 0 Å². The number of nitrogens with one attached hydrogen (secondary N) is 2. The molecule has 0 bridgehead atoms. The summed E-state index contributed by atoms with van der Waals surface area (Å²) >= 11 is 0. The number of nitrogens with zero attached hydrogens (tertiary/aromatic N) is 12. The molecular weight excluding hydrogens is 1890 g/mol. The highest BCUT2D eigenvalue weighted by molar-refractivity contribution is 7.88. The van der Waals surface area contributed by atoms with Gasteiger partial charge in [-0.1, -0.05) is 72.8 Å². The highest BCUT2D eigenvalue weighted by Gasteiger charge is 2.29. The molecule has 0 atom stereocenters. The number of aromatic carboxylic acids is 2. The van der Waals surface area contributed by atoms with Gasteiger partial charge in [0.25, 0.3) is 80.9 Å². The van der Waals surface area contributed by atoms with Crippen LogP contribution in [0, 0.1) is 27.7 Å². The maximum Gasteiger partial charge on any atom is 0.348 e. The lowest BCUT2D eigenvalue weighted by Gasteiger charge is -2.11. The van der Waals surface area contributed by atoms with E-state index in [4.69, 9.17) is 0 Å². The second-order valence-corrected chi connectivity index (χ2v) is 40.1. The van der Waals surface area contributed by atoms with E-state index in [2.05, 4.69) is 70.8 Å². The molecule has 0 aliphatic heterocycles. The molecule has 0 unspecified atom stereocenters. The Morgan fingerprint density at radius 2 is 0.530 bits per heavy atom. The Morgan fingerprint density at radius 1 is 0.273 bits per heavy atom. The van der Waals surface area contributed by atoms with Crippen LogP contribution in [-0.2, 0) is 107 Å². The molecular formula is C80H62N14O30S8. The zero-order valence-corrected chi connectivity index (χ0v) is 74.0. The number of azo groups is 4. The van der Waals surface area contributed by atoms with Crippen LogP contribution in [0.1, 0.15) is 88.5 Å². The largest absolute Gasteiger partial charge is 0.478 e. The molecule has 0 spiro atoms. The van der Waals surface area contributed by atoms with E-state index < -0.39 is 143 Å². The molecule has 0 fully saturated rings. The van der Waals surface area contributed by atoms with Crippen molar-refractivity contribution in [3.05, 3.63) is 282 Å². The summed E-state index contributed by atoms with van der Waals surface area (Å²) in [4.78, 5) is 66.6. The molecule has 14 rings (SSSR count). The molecule has 52 heteroatoms. The average Bonchev–Trinajstić information content (AvgIpc) is 0.769. The minimum absolute atomic E-state index is 0.0606. The van der Waals surface area contributed by atoms with Crippen molar-refractivity contribution in [2.75, 3.05) is 0 Å². The van der Waals surface area contributed by atoms with E-state index in [1.807, 2.05) is 0 Å². The Morgan fingerprint density at radius 3 is 0.818 bits per heavy atom. The molecule has 0 radical (unpaired) electrons. The highest BCUT2D eigenvalue weighted by atomic mass is 32.2. The normalized spacial score (nSPS) is 12.8. The van der Waals surface area contributed by atoms with Gasteiger partial charge < -0.3 is 10.2 Å². The Hall–Kier alpha value is -14.1. The number of carbonyl (C=O) groups is 2. The lowest BCUT2D eigenvalue weighted by molar-refractivity contribution is 0.0685. The fourth-order valence-electron chi connectivity index (χ4n) is 13.9. The lowest BCUT2D eigenvalue weighted by Crippen LogP contribution is -2.19. The van der Waals surface area contributed by atoms with Crippen LogP contribution < -0.4 is 11.4 Å². The van der Waals surface area contributed by atoms with E-state index in [-0.39, 0.29) is 143 Å². The monoisotopic (exact) mass is 1950 g/mol. The van der Waals surface area contributed by atoms with E-state index >= 15 is 0 Å². The highest BCUT2D eigenvalue weighted by Crippen LogP contribution is 2.41. The van der Waals surface area contributed by atoms with Gasteiger partial charge in [0.05, 0.1) is 56.6 Å². The first-order chi connectivity index (χ1) is 61.5. The number of aromatic nitrogens is 6. The predicted octanol–water partition coefficient (Wildman–Crippen LogP) is 13.6. The second-order valence-electron chi connectivity index (χ2n) is 28.9. The van der Waals surface area contributed by atoms with Crippen molar-refractivity contribution in [2.24, 2.45) is 40.9 Å². The van der Waals surface area contributed by atoms with Gasteiger partial charge in [-0.25, -0.2) is 29.1 Å². The zero-order valence-electron chi connectivity index (χ0n) is 67.4. The maximum atomic E-state index is 12.8. The number of carboxylic acids is 2. The van der Waals surface area contributed by atoms with Crippen LogP contribution in [0.15, 0.2) is 272 Å². The molecule has 14 aromatic rings. The van der Waals surface area contributed by atoms with Crippen LogP contribution >= 0.6 is 0 Å². The van der Waals surface area contributed by atoms with Crippen molar-refractivity contribution in [1.82, 2.24) is 29.9 Å². The third-order valence-electron chi connectivity index (χ3n) is 19.8. The third kappa shape index (κ3) is 22.0. The minimum Gasteiger partial charge on any atom is -0.478 e. The summed E-state index contributed by atoms with van der Waals surface area (Å²) in [6, 6.07) is 36.3. The zero-order chi connectivity index (χ0) is 96.2. The fourth-order valence-corrected chi connectivity index (χ4v) is 19.6. The molecule has 680 valence electrons. The van der Waals surface area contributed by atoms with E-state index in [0.29, 0.717) is 39.5 Å². The molecule has 0 saturated heterocycles. The van der Waals surface area contributed by atoms with Gasteiger partial charge in [-0.3, -0.25) is 46.4 Å². The molecule has 0 saturated carbocycles. The van der Waals surface area contributed by atoms with E-state index in [1.54, 1.807) is 52.0 Å². The van der Waals surface area contributed by atoms with Gasteiger partial charge in [0.15, 0.2) is 0 Å². The SMILES string of the molecule is Cc1cc(N=Nc2cc(S(=O)(=O)O)c3cccc(S(=O)(=O)O)c3c2)c(C)cc1Cc1nc(Cc2cc(C)c(N=Nc3cc(S(=O)(=O)O)c4cccc(S(=O)(=O)O)c4c3)cc2C)[nH]c(=O)n1.O=C(O)c1cc(N=Nc2cc(S(=O)(=O)O)c3cccc(S(=O)(=O)O)c3c2)ccc1Cc1nc(Cc2ccc(N=Nc3cc(S(=O)(=O)O)c4cccc(S(=O)(=O)O)c4c3)cc2C(=O)O)[nH]c(=O)n1. The first-order valence-corrected chi connectivity index (χ1v) is 48.6. The number of benzene rings is 12. The number of aromatic amines is 2. The Kier molecular flexibility index (Phi) is 26.3. The summed E-state index contributed by atoms with van der Waals surface area (Å²) < 4.78 is 272. The number of fused-ring (bicyclic) bond motifs is 4. The van der Waals surface area contributed by atoms with Crippen LogP contribution in [0.25, 0.3) is 43.1 Å². The summed E-state index contributed by atoms with van der Waals surface area (Å²) in [6.45, 7) is 7.03.